The molecule has 8 nitrogen and oxygen atoms in total. The monoisotopic (exact) mass is 492 g/mol. The molecule has 2 saturated heterocycles. The quantitative estimate of drug-likeness (QED) is 0.582. The summed E-state index contributed by atoms with van der Waals surface area (Å²) in [5.74, 6) is -1.45. The Morgan fingerprint density at radius 3 is 2.22 bits per heavy atom. The number of fused-ring (bicyclic) bond motifs is 1. The van der Waals surface area contributed by atoms with Gasteiger partial charge in [0.15, 0.2) is 0 Å². The number of hydrogen-bond acceptors (Lipinski definition) is 4. The van der Waals surface area contributed by atoms with E-state index in [2.05, 4.69) is 0 Å². The van der Waals surface area contributed by atoms with Gasteiger partial charge in [-0.25, -0.2) is 4.79 Å². The first-order valence-corrected chi connectivity index (χ1v) is 12.4. The largest absolute Gasteiger partial charge is 0.376 e. The molecular weight excluding hydrogens is 456 g/mol. The van der Waals surface area contributed by atoms with Crippen LogP contribution in [-0.4, -0.2) is 77.9 Å². The first-order chi connectivity index (χ1) is 17.1. The summed E-state index contributed by atoms with van der Waals surface area (Å²) in [6.45, 7) is 5.58. The van der Waals surface area contributed by atoms with Gasteiger partial charge in [-0.15, -0.1) is 0 Å². The molecule has 2 atom stereocenters. The van der Waals surface area contributed by atoms with Crippen LogP contribution in [0.25, 0.3) is 0 Å². The number of primary amides is 1. The second kappa shape index (κ2) is 10.3. The van der Waals surface area contributed by atoms with E-state index in [1.165, 1.54) is 0 Å². The number of hydrogen-bond donors (Lipinski definition) is 1. The molecule has 0 spiro atoms. The summed E-state index contributed by atoms with van der Waals surface area (Å²) in [6, 6.07) is 19.7. The summed E-state index contributed by atoms with van der Waals surface area (Å²) in [7, 11) is 1.80. The lowest BCUT2D eigenvalue weighted by atomic mass is 9.77. The van der Waals surface area contributed by atoms with Crippen molar-refractivity contribution in [2.45, 2.75) is 32.4 Å². The summed E-state index contributed by atoms with van der Waals surface area (Å²) in [5, 5.41) is 0. The van der Waals surface area contributed by atoms with Crippen LogP contribution in [-0.2, 0) is 27.4 Å². The van der Waals surface area contributed by atoms with Crippen molar-refractivity contribution in [1.29, 1.82) is 0 Å². The van der Waals surface area contributed by atoms with Gasteiger partial charge in [-0.1, -0.05) is 74.5 Å². The van der Waals surface area contributed by atoms with E-state index in [1.54, 1.807) is 30.7 Å². The van der Waals surface area contributed by atoms with Gasteiger partial charge in [0.25, 0.3) is 0 Å². The van der Waals surface area contributed by atoms with E-state index in [0.717, 1.165) is 11.1 Å². The van der Waals surface area contributed by atoms with Gasteiger partial charge in [0.1, 0.15) is 0 Å². The van der Waals surface area contributed by atoms with Crippen molar-refractivity contribution in [3.8, 4) is 0 Å². The molecule has 192 valence electrons. The summed E-state index contributed by atoms with van der Waals surface area (Å²) in [6.07, 6.45) is 0.641. The molecule has 36 heavy (non-hydrogen) atoms. The summed E-state index contributed by atoms with van der Waals surface area (Å²) >= 11 is 0. The number of carbonyl (C=O) groups is 3. The summed E-state index contributed by atoms with van der Waals surface area (Å²) in [5.41, 5.74) is 6.22. The molecule has 2 aliphatic heterocycles. The zero-order valence-electron chi connectivity index (χ0n) is 21.4. The third kappa shape index (κ3) is 5.09. The van der Waals surface area contributed by atoms with Crippen LogP contribution in [0.4, 0.5) is 4.79 Å². The van der Waals surface area contributed by atoms with E-state index in [0.29, 0.717) is 39.2 Å². The average Bonchev–Trinajstić information content (AvgIpc) is 3.11. The van der Waals surface area contributed by atoms with Gasteiger partial charge < -0.3 is 25.2 Å². The number of nitrogens with zero attached hydrogens (tertiary/aromatic N) is 3. The number of piperazine rings is 1. The average molecular weight is 493 g/mol. The first kappa shape index (κ1) is 25.7. The molecule has 4 amide bonds. The van der Waals surface area contributed by atoms with Crippen LogP contribution < -0.4 is 5.73 Å². The van der Waals surface area contributed by atoms with Gasteiger partial charge >= 0.3 is 6.03 Å². The minimum atomic E-state index is -1.10. The third-order valence-corrected chi connectivity index (χ3v) is 7.63. The molecule has 2 N–H and O–H groups in total. The maximum atomic E-state index is 14.0. The van der Waals surface area contributed by atoms with Crippen molar-refractivity contribution >= 4 is 17.8 Å². The Morgan fingerprint density at radius 2 is 1.61 bits per heavy atom. The highest BCUT2D eigenvalue weighted by Crippen LogP contribution is 2.36. The molecule has 2 fully saturated rings. The smallest absolute Gasteiger partial charge is 0.320 e. The van der Waals surface area contributed by atoms with Crippen LogP contribution in [0, 0.1) is 11.3 Å². The third-order valence-electron chi connectivity index (χ3n) is 7.63. The maximum absolute atomic E-state index is 14.0. The van der Waals surface area contributed by atoms with Crippen LogP contribution in [0.5, 0.6) is 0 Å². The van der Waals surface area contributed by atoms with Gasteiger partial charge in [-0.3, -0.25) is 9.59 Å². The van der Waals surface area contributed by atoms with E-state index >= 15 is 0 Å². The van der Waals surface area contributed by atoms with Crippen molar-refractivity contribution in [1.82, 2.24) is 14.7 Å². The molecule has 0 saturated carbocycles. The lowest BCUT2D eigenvalue weighted by molar-refractivity contribution is -0.152. The minimum Gasteiger partial charge on any atom is -0.376 e. The molecule has 0 aliphatic carbocycles. The predicted molar refractivity (Wildman–Crippen MR) is 137 cm³/mol. The fourth-order valence-corrected chi connectivity index (χ4v) is 5.35. The van der Waals surface area contributed by atoms with Crippen molar-refractivity contribution in [3.63, 3.8) is 0 Å². The van der Waals surface area contributed by atoms with Crippen molar-refractivity contribution in [2.75, 3.05) is 39.8 Å². The second-order valence-electron chi connectivity index (χ2n) is 10.6. The van der Waals surface area contributed by atoms with Crippen LogP contribution in [0.1, 0.15) is 25.0 Å². The highest BCUT2D eigenvalue weighted by atomic mass is 16.5. The predicted octanol–water partition coefficient (Wildman–Crippen LogP) is 2.52. The number of nitrogens with two attached hydrogens (primary N) is 1. The minimum absolute atomic E-state index is 0.0155. The van der Waals surface area contributed by atoms with E-state index in [9.17, 15) is 14.4 Å². The zero-order chi connectivity index (χ0) is 25.9. The molecule has 2 aromatic carbocycles. The topological polar surface area (TPSA) is 96.2 Å². The van der Waals surface area contributed by atoms with Gasteiger partial charge in [-0.05, 0) is 17.5 Å². The van der Waals surface area contributed by atoms with Gasteiger partial charge in [0.05, 0.1) is 30.1 Å². The fourth-order valence-electron chi connectivity index (χ4n) is 5.35. The van der Waals surface area contributed by atoms with Crippen LogP contribution >= 0.6 is 0 Å². The number of rotatable bonds is 9. The van der Waals surface area contributed by atoms with Crippen LogP contribution in [0.3, 0.4) is 0 Å². The maximum Gasteiger partial charge on any atom is 0.320 e. The second-order valence-corrected chi connectivity index (χ2v) is 10.6. The highest BCUT2D eigenvalue weighted by molar-refractivity contribution is 5.90. The first-order valence-electron chi connectivity index (χ1n) is 12.4. The van der Waals surface area contributed by atoms with E-state index in [-0.39, 0.29) is 18.5 Å². The standard InChI is InChI=1S/C28H36N4O4/c1-27(2,25(29)34)23(18-36-17-22-12-8-5-9-13-22)24(33)31-14-15-32-26(35)30(3)19-28(32,20-31)16-21-10-6-4-7-11-21/h4-13,23H,14-20H2,1-3H3,(H2,29,34). The number of likely N-dealkylation sites (N-methyl/N-ethyl adjacent to an activating group) is 1. The molecule has 2 aliphatic rings. The molecule has 0 aromatic heterocycles. The van der Waals surface area contributed by atoms with E-state index in [4.69, 9.17) is 10.5 Å². The molecule has 8 heteroatoms. The number of carbonyl (C=O) groups excluding carboxylic acids is 3. The molecule has 2 heterocycles. The van der Waals surface area contributed by atoms with E-state index in [1.807, 2.05) is 65.6 Å². The number of amides is 4. The van der Waals surface area contributed by atoms with Crippen molar-refractivity contribution in [3.05, 3.63) is 71.8 Å². The summed E-state index contributed by atoms with van der Waals surface area (Å²) < 4.78 is 5.94. The Kier molecular flexibility index (Phi) is 7.36. The number of ether oxygens (including phenoxy) is 1. The molecular formula is C28H36N4O4. The summed E-state index contributed by atoms with van der Waals surface area (Å²) in [4.78, 5) is 44.7. The Balaban J connectivity index is 1.56. The normalized spacial score (nSPS) is 20.9. The SMILES string of the molecule is CN1CC2(Cc3ccccc3)CN(C(=O)C(COCc3ccccc3)C(C)(C)C(N)=O)CCN2C1=O. The molecule has 4 rings (SSSR count). The van der Waals surface area contributed by atoms with E-state index < -0.39 is 22.8 Å². The van der Waals surface area contributed by atoms with Crippen molar-refractivity contribution < 1.29 is 19.1 Å². The lowest BCUT2D eigenvalue weighted by Gasteiger charge is -2.47. The Bertz CT molecular complexity index is 1090. The molecule has 2 aromatic rings. The number of benzene rings is 2. The Hall–Kier alpha value is -3.39. The molecule has 0 bridgehead atoms. The molecule has 2 unspecified atom stereocenters. The van der Waals surface area contributed by atoms with Crippen LogP contribution in [0.2, 0.25) is 0 Å². The van der Waals surface area contributed by atoms with Gasteiger partial charge in [-0.2, -0.15) is 0 Å². The number of urea groups is 1. The van der Waals surface area contributed by atoms with Gasteiger partial charge in [0.2, 0.25) is 11.8 Å². The van der Waals surface area contributed by atoms with Crippen LogP contribution in [0.15, 0.2) is 60.7 Å². The highest BCUT2D eigenvalue weighted by Gasteiger charge is 2.53. The fraction of sp³-hybridized carbons (Fsp3) is 0.464. The zero-order valence-corrected chi connectivity index (χ0v) is 21.4. The Labute approximate surface area is 213 Å². The molecule has 0 radical (unpaired) electrons. The van der Waals surface area contributed by atoms with Gasteiger partial charge in [0, 0.05) is 33.2 Å². The van der Waals surface area contributed by atoms with Crippen molar-refractivity contribution in [2.24, 2.45) is 17.1 Å². The Morgan fingerprint density at radius 1 is 1.00 bits per heavy atom. The lowest BCUT2D eigenvalue weighted by Crippen LogP contribution is -2.65.